The van der Waals surface area contributed by atoms with Crippen LogP contribution >= 0.6 is 0 Å². The van der Waals surface area contributed by atoms with Crippen LogP contribution in [0.5, 0.6) is 0 Å². The molecule has 0 aliphatic rings. The van der Waals surface area contributed by atoms with Crippen molar-refractivity contribution in [1.82, 2.24) is 15.1 Å². The highest BCUT2D eigenvalue weighted by Crippen LogP contribution is 1.96. The highest BCUT2D eigenvalue weighted by Gasteiger charge is 2.08. The first-order valence-corrected chi connectivity index (χ1v) is 7.31. The van der Waals surface area contributed by atoms with Gasteiger partial charge in [0.2, 0.25) is 0 Å². The Morgan fingerprint density at radius 3 is 2.11 bits per heavy atom. The predicted molar refractivity (Wildman–Crippen MR) is 79.2 cm³/mol. The van der Waals surface area contributed by atoms with Crippen LogP contribution in [0.3, 0.4) is 0 Å². The quantitative estimate of drug-likeness (QED) is 0.534. The Hall–Kier alpha value is -0.160. The molecule has 0 aliphatic carbocycles. The van der Waals surface area contributed by atoms with E-state index < -0.39 is 0 Å². The molecule has 0 saturated heterocycles. The Labute approximate surface area is 114 Å². The van der Waals surface area contributed by atoms with Gasteiger partial charge in [-0.1, -0.05) is 13.8 Å². The van der Waals surface area contributed by atoms with E-state index in [2.05, 4.69) is 42.8 Å². The zero-order chi connectivity index (χ0) is 13.8. The molecule has 1 N–H and O–H groups in total. The van der Waals surface area contributed by atoms with Crippen LogP contribution in [0.15, 0.2) is 0 Å². The van der Waals surface area contributed by atoms with Crippen LogP contribution in [-0.2, 0) is 4.74 Å². The van der Waals surface area contributed by atoms with Gasteiger partial charge in [0.1, 0.15) is 0 Å². The molecular formula is C14H33N3O. The average Bonchev–Trinajstić information content (AvgIpc) is 2.37. The second kappa shape index (κ2) is 11.9. The molecule has 0 unspecified atom stereocenters. The number of hydrogen-bond acceptors (Lipinski definition) is 4. The molecule has 0 amide bonds. The van der Waals surface area contributed by atoms with Crippen LogP contribution in [0.4, 0.5) is 0 Å². The van der Waals surface area contributed by atoms with Crippen molar-refractivity contribution in [1.29, 1.82) is 0 Å². The van der Waals surface area contributed by atoms with Crippen molar-refractivity contribution >= 4 is 0 Å². The van der Waals surface area contributed by atoms with Gasteiger partial charge in [0.15, 0.2) is 0 Å². The number of rotatable bonds is 12. The van der Waals surface area contributed by atoms with Gasteiger partial charge in [-0.2, -0.15) is 0 Å². The summed E-state index contributed by atoms with van der Waals surface area (Å²) in [7, 11) is 1.76. The van der Waals surface area contributed by atoms with Crippen molar-refractivity contribution in [2.45, 2.75) is 33.7 Å². The standard InChI is InChI=1S/C14H33N3O/c1-6-16(7-2)10-8-15-9-11-17(14(3)4)12-13-18-5/h14-15H,6-13H2,1-5H3. The Bertz CT molecular complexity index is 172. The fourth-order valence-electron chi connectivity index (χ4n) is 1.96. The van der Waals surface area contributed by atoms with Crippen LogP contribution in [0.25, 0.3) is 0 Å². The summed E-state index contributed by atoms with van der Waals surface area (Å²) < 4.78 is 5.14. The SMILES string of the molecule is CCN(CC)CCNCCN(CCOC)C(C)C. The molecule has 4 heteroatoms. The van der Waals surface area contributed by atoms with Crippen molar-refractivity contribution in [2.24, 2.45) is 0 Å². The Balaban J connectivity index is 3.60. The maximum atomic E-state index is 5.14. The fourth-order valence-corrected chi connectivity index (χ4v) is 1.96. The zero-order valence-electron chi connectivity index (χ0n) is 13.0. The molecule has 0 fully saturated rings. The number of methoxy groups -OCH3 is 1. The summed E-state index contributed by atoms with van der Waals surface area (Å²) in [4.78, 5) is 4.89. The van der Waals surface area contributed by atoms with E-state index in [1.165, 1.54) is 0 Å². The summed E-state index contributed by atoms with van der Waals surface area (Å²) in [5.41, 5.74) is 0. The zero-order valence-corrected chi connectivity index (χ0v) is 13.0. The third-order valence-corrected chi connectivity index (χ3v) is 3.39. The first-order chi connectivity index (χ1) is 8.65. The molecule has 0 spiro atoms. The maximum Gasteiger partial charge on any atom is 0.0589 e. The lowest BCUT2D eigenvalue weighted by atomic mass is 10.3. The largest absolute Gasteiger partial charge is 0.383 e. The van der Waals surface area contributed by atoms with E-state index in [-0.39, 0.29) is 0 Å². The minimum atomic E-state index is 0.588. The molecule has 0 aliphatic heterocycles. The topological polar surface area (TPSA) is 27.7 Å². The molecule has 0 saturated carbocycles. The Morgan fingerprint density at radius 2 is 1.61 bits per heavy atom. The van der Waals surface area contributed by atoms with E-state index in [0.717, 1.165) is 52.4 Å². The van der Waals surface area contributed by atoms with Crippen LogP contribution in [0.2, 0.25) is 0 Å². The lowest BCUT2D eigenvalue weighted by Crippen LogP contribution is -2.40. The first kappa shape index (κ1) is 17.8. The molecule has 0 rings (SSSR count). The van der Waals surface area contributed by atoms with Gasteiger partial charge in [0.25, 0.3) is 0 Å². The second-order valence-corrected chi connectivity index (χ2v) is 4.90. The van der Waals surface area contributed by atoms with Crippen molar-refractivity contribution in [2.75, 3.05) is 59.5 Å². The van der Waals surface area contributed by atoms with E-state index in [4.69, 9.17) is 4.74 Å². The smallest absolute Gasteiger partial charge is 0.0589 e. The minimum absolute atomic E-state index is 0.588. The normalized spacial score (nSPS) is 12.0. The van der Waals surface area contributed by atoms with Gasteiger partial charge in [-0.3, -0.25) is 4.90 Å². The molecule has 110 valence electrons. The van der Waals surface area contributed by atoms with Gasteiger partial charge in [-0.25, -0.2) is 0 Å². The van der Waals surface area contributed by atoms with Crippen molar-refractivity contribution in [3.63, 3.8) is 0 Å². The lowest BCUT2D eigenvalue weighted by molar-refractivity contribution is 0.130. The molecule has 0 radical (unpaired) electrons. The highest BCUT2D eigenvalue weighted by molar-refractivity contribution is 4.64. The van der Waals surface area contributed by atoms with Crippen molar-refractivity contribution < 1.29 is 4.74 Å². The molecule has 0 bridgehead atoms. The van der Waals surface area contributed by atoms with E-state index >= 15 is 0 Å². The van der Waals surface area contributed by atoms with Crippen LogP contribution < -0.4 is 5.32 Å². The summed E-state index contributed by atoms with van der Waals surface area (Å²) in [5.74, 6) is 0. The predicted octanol–water partition coefficient (Wildman–Crippen LogP) is 1.27. The fraction of sp³-hybridized carbons (Fsp3) is 1.00. The van der Waals surface area contributed by atoms with Crippen LogP contribution in [0.1, 0.15) is 27.7 Å². The number of nitrogens with one attached hydrogen (secondary N) is 1. The summed E-state index contributed by atoms with van der Waals surface area (Å²) in [5, 5.41) is 3.52. The first-order valence-electron chi connectivity index (χ1n) is 7.31. The Kier molecular flexibility index (Phi) is 11.8. The molecule has 0 heterocycles. The summed E-state index contributed by atoms with van der Waals surface area (Å²) in [6.45, 7) is 17.4. The minimum Gasteiger partial charge on any atom is -0.383 e. The number of likely N-dealkylation sites (N-methyl/N-ethyl adjacent to an activating group) is 1. The molecule has 4 nitrogen and oxygen atoms in total. The van der Waals surface area contributed by atoms with Gasteiger partial charge in [-0.15, -0.1) is 0 Å². The van der Waals surface area contributed by atoms with Crippen LogP contribution in [-0.4, -0.2) is 75.4 Å². The Morgan fingerprint density at radius 1 is 1.00 bits per heavy atom. The molecule has 0 aromatic carbocycles. The van der Waals surface area contributed by atoms with Crippen LogP contribution in [0, 0.1) is 0 Å². The monoisotopic (exact) mass is 259 g/mol. The molecule has 0 atom stereocenters. The van der Waals surface area contributed by atoms with Gasteiger partial charge in [0, 0.05) is 45.9 Å². The molecular weight excluding hydrogens is 226 g/mol. The third kappa shape index (κ3) is 8.86. The highest BCUT2D eigenvalue weighted by atomic mass is 16.5. The van der Waals surface area contributed by atoms with E-state index in [1.807, 2.05) is 0 Å². The number of ether oxygens (including phenoxy) is 1. The molecule has 0 aromatic rings. The van der Waals surface area contributed by atoms with E-state index in [0.29, 0.717) is 6.04 Å². The van der Waals surface area contributed by atoms with Gasteiger partial charge in [0.05, 0.1) is 6.61 Å². The molecule has 18 heavy (non-hydrogen) atoms. The van der Waals surface area contributed by atoms with Crippen molar-refractivity contribution in [3.05, 3.63) is 0 Å². The van der Waals surface area contributed by atoms with Crippen molar-refractivity contribution in [3.8, 4) is 0 Å². The maximum absolute atomic E-state index is 5.14. The van der Waals surface area contributed by atoms with Gasteiger partial charge >= 0.3 is 0 Å². The summed E-state index contributed by atoms with van der Waals surface area (Å²) in [6.07, 6.45) is 0. The lowest BCUT2D eigenvalue weighted by Gasteiger charge is -2.26. The third-order valence-electron chi connectivity index (χ3n) is 3.39. The number of hydrogen-bond donors (Lipinski definition) is 1. The van der Waals surface area contributed by atoms with Gasteiger partial charge < -0.3 is 15.0 Å². The second-order valence-electron chi connectivity index (χ2n) is 4.90. The van der Waals surface area contributed by atoms with Gasteiger partial charge in [-0.05, 0) is 26.9 Å². The summed E-state index contributed by atoms with van der Waals surface area (Å²) >= 11 is 0. The van der Waals surface area contributed by atoms with E-state index in [9.17, 15) is 0 Å². The molecule has 0 aromatic heterocycles. The van der Waals surface area contributed by atoms with E-state index in [1.54, 1.807) is 7.11 Å². The number of nitrogens with zero attached hydrogens (tertiary/aromatic N) is 2. The average molecular weight is 259 g/mol. The summed E-state index contributed by atoms with van der Waals surface area (Å²) in [6, 6.07) is 0.588.